The Labute approximate surface area is 234 Å². The Bertz CT molecular complexity index is 1320. The Hall–Kier alpha value is -3.17. The predicted molar refractivity (Wildman–Crippen MR) is 154 cm³/mol. The molecule has 7 nitrogen and oxygen atoms in total. The molecule has 2 amide bonds. The first kappa shape index (κ1) is 29.4. The number of nitrogens with zero attached hydrogens (tertiary/aromatic N) is 2. The number of carbonyl (C=O) groups is 2. The summed E-state index contributed by atoms with van der Waals surface area (Å²) in [7, 11) is -4.07. The summed E-state index contributed by atoms with van der Waals surface area (Å²) in [6.45, 7) is 5.36. The quantitative estimate of drug-likeness (QED) is 0.317. The zero-order valence-electron chi connectivity index (χ0n) is 21.9. The first-order valence-electron chi connectivity index (χ1n) is 12.6. The first-order chi connectivity index (χ1) is 18.1. The van der Waals surface area contributed by atoms with Crippen LogP contribution < -0.4 is 9.62 Å². The molecule has 3 aromatic rings. The van der Waals surface area contributed by atoms with Crippen molar-refractivity contribution < 1.29 is 18.0 Å². The fraction of sp³-hybridized carbons (Fsp3) is 0.310. The van der Waals surface area contributed by atoms with Crippen LogP contribution in [0.3, 0.4) is 0 Å². The molecule has 0 aliphatic heterocycles. The van der Waals surface area contributed by atoms with Crippen molar-refractivity contribution in [3.8, 4) is 0 Å². The number of rotatable bonds is 12. The zero-order valence-corrected chi connectivity index (χ0v) is 24.3. The Kier molecular flexibility index (Phi) is 10.5. The summed E-state index contributed by atoms with van der Waals surface area (Å²) < 4.78 is 29.2. The van der Waals surface area contributed by atoms with Crippen molar-refractivity contribution in [2.75, 3.05) is 17.4 Å². The van der Waals surface area contributed by atoms with E-state index in [1.165, 1.54) is 17.0 Å². The van der Waals surface area contributed by atoms with Crippen LogP contribution in [0.2, 0.25) is 0 Å². The van der Waals surface area contributed by atoms with E-state index in [9.17, 15) is 18.0 Å². The van der Waals surface area contributed by atoms with E-state index in [0.29, 0.717) is 16.6 Å². The van der Waals surface area contributed by atoms with E-state index < -0.39 is 28.5 Å². The van der Waals surface area contributed by atoms with E-state index in [1.54, 1.807) is 49.4 Å². The summed E-state index contributed by atoms with van der Waals surface area (Å²) in [4.78, 5) is 28.4. The van der Waals surface area contributed by atoms with Crippen molar-refractivity contribution in [3.05, 3.63) is 95.0 Å². The van der Waals surface area contributed by atoms with Gasteiger partial charge in [-0.15, -0.1) is 0 Å². The van der Waals surface area contributed by atoms with Crippen LogP contribution in [0.5, 0.6) is 0 Å². The smallest absolute Gasteiger partial charge is 0.264 e. The molecule has 3 rings (SSSR count). The number of hydrogen-bond donors (Lipinski definition) is 1. The van der Waals surface area contributed by atoms with Gasteiger partial charge in [-0.2, -0.15) is 0 Å². The molecular formula is C29H34BrN3O4S. The van der Waals surface area contributed by atoms with Crippen LogP contribution in [0.4, 0.5) is 5.69 Å². The molecule has 38 heavy (non-hydrogen) atoms. The lowest BCUT2D eigenvalue weighted by atomic mass is 10.1. The highest BCUT2D eigenvalue weighted by atomic mass is 79.9. The van der Waals surface area contributed by atoms with Gasteiger partial charge >= 0.3 is 0 Å². The first-order valence-corrected chi connectivity index (χ1v) is 14.8. The van der Waals surface area contributed by atoms with Gasteiger partial charge in [0.15, 0.2) is 0 Å². The molecule has 9 heteroatoms. The maximum Gasteiger partial charge on any atom is 0.264 e. The lowest BCUT2D eigenvalue weighted by Crippen LogP contribution is -2.53. The molecule has 2 atom stereocenters. The van der Waals surface area contributed by atoms with Gasteiger partial charge in [0.05, 0.1) is 10.6 Å². The molecule has 0 aliphatic carbocycles. The van der Waals surface area contributed by atoms with E-state index in [2.05, 4.69) is 21.2 Å². The lowest BCUT2D eigenvalue weighted by Gasteiger charge is -2.32. The highest BCUT2D eigenvalue weighted by Gasteiger charge is 2.32. The maximum atomic E-state index is 13.8. The van der Waals surface area contributed by atoms with Gasteiger partial charge in [-0.3, -0.25) is 13.9 Å². The lowest BCUT2D eigenvalue weighted by molar-refractivity contribution is -0.139. The van der Waals surface area contributed by atoms with Gasteiger partial charge in [0.25, 0.3) is 10.0 Å². The third kappa shape index (κ3) is 7.68. The summed E-state index contributed by atoms with van der Waals surface area (Å²) in [5, 5.41) is 2.94. The Morgan fingerprint density at radius 2 is 1.55 bits per heavy atom. The second-order valence-electron chi connectivity index (χ2n) is 9.12. The van der Waals surface area contributed by atoms with E-state index in [1.807, 2.05) is 44.2 Å². The van der Waals surface area contributed by atoms with E-state index in [0.717, 1.165) is 16.3 Å². The van der Waals surface area contributed by atoms with Crippen LogP contribution >= 0.6 is 15.9 Å². The van der Waals surface area contributed by atoms with Crippen molar-refractivity contribution in [3.63, 3.8) is 0 Å². The van der Waals surface area contributed by atoms with Gasteiger partial charge in [0.2, 0.25) is 11.8 Å². The van der Waals surface area contributed by atoms with Crippen LogP contribution in [-0.4, -0.2) is 50.3 Å². The van der Waals surface area contributed by atoms with E-state index >= 15 is 0 Å². The second kappa shape index (κ2) is 13.6. The molecule has 0 saturated carbocycles. The van der Waals surface area contributed by atoms with Crippen LogP contribution in [-0.2, 0) is 26.0 Å². The topological polar surface area (TPSA) is 86.8 Å². The summed E-state index contributed by atoms with van der Waals surface area (Å²) in [6.07, 6.45) is 1.28. The van der Waals surface area contributed by atoms with Gasteiger partial charge in [-0.05, 0) is 62.6 Å². The molecule has 0 saturated heterocycles. The number of nitrogens with one attached hydrogen (secondary N) is 1. The molecule has 0 heterocycles. The maximum absolute atomic E-state index is 13.8. The van der Waals surface area contributed by atoms with E-state index in [-0.39, 0.29) is 23.4 Å². The molecule has 0 spiro atoms. The molecule has 0 aromatic heterocycles. The fourth-order valence-electron chi connectivity index (χ4n) is 3.92. The van der Waals surface area contributed by atoms with Gasteiger partial charge < -0.3 is 10.2 Å². The summed E-state index contributed by atoms with van der Waals surface area (Å²) >= 11 is 3.40. The highest BCUT2D eigenvalue weighted by molar-refractivity contribution is 9.10. The monoisotopic (exact) mass is 599 g/mol. The zero-order chi connectivity index (χ0) is 27.7. The highest BCUT2D eigenvalue weighted by Crippen LogP contribution is 2.26. The summed E-state index contributed by atoms with van der Waals surface area (Å²) in [6, 6.07) is 23.6. The molecular weight excluding hydrogens is 566 g/mol. The second-order valence-corrected chi connectivity index (χ2v) is 11.9. The third-order valence-corrected chi connectivity index (χ3v) is 8.64. The molecule has 0 unspecified atom stereocenters. The molecule has 202 valence electrons. The van der Waals surface area contributed by atoms with Crippen LogP contribution in [0.15, 0.2) is 94.3 Å². The predicted octanol–water partition coefficient (Wildman–Crippen LogP) is 5.02. The number of hydrogen-bond acceptors (Lipinski definition) is 4. The van der Waals surface area contributed by atoms with Crippen molar-refractivity contribution in [1.82, 2.24) is 10.2 Å². The largest absolute Gasteiger partial charge is 0.352 e. The Balaban J connectivity index is 1.96. The molecule has 0 fully saturated rings. The van der Waals surface area contributed by atoms with E-state index in [4.69, 9.17) is 0 Å². The van der Waals surface area contributed by atoms with Crippen molar-refractivity contribution in [1.29, 1.82) is 0 Å². The molecule has 0 aliphatic rings. The number of amides is 2. The number of sulfonamides is 1. The van der Waals surface area contributed by atoms with Crippen LogP contribution in [0.25, 0.3) is 0 Å². The molecule has 1 N–H and O–H groups in total. The fourth-order valence-corrected chi connectivity index (χ4v) is 5.73. The molecule has 0 radical (unpaired) electrons. The summed E-state index contributed by atoms with van der Waals surface area (Å²) in [5.41, 5.74) is 1.36. The van der Waals surface area contributed by atoms with Crippen LogP contribution in [0.1, 0.15) is 32.8 Å². The SMILES string of the molecule is CC[C@@H](C)NC(=O)[C@H](C)N(CCc1ccccc1)C(=O)CN(c1cccc(Br)c1)S(=O)(=O)c1ccccc1. The molecule has 3 aromatic carbocycles. The van der Waals surface area contributed by atoms with Crippen molar-refractivity contribution in [2.45, 2.75) is 50.6 Å². The minimum Gasteiger partial charge on any atom is -0.352 e. The molecule has 0 bridgehead atoms. The Morgan fingerprint density at radius 1 is 0.921 bits per heavy atom. The summed E-state index contributed by atoms with van der Waals surface area (Å²) in [5.74, 6) is -0.743. The van der Waals surface area contributed by atoms with Gasteiger partial charge in [0, 0.05) is 17.1 Å². The van der Waals surface area contributed by atoms with Crippen molar-refractivity contribution >= 4 is 43.5 Å². The van der Waals surface area contributed by atoms with Crippen LogP contribution in [0, 0.1) is 0 Å². The van der Waals surface area contributed by atoms with Gasteiger partial charge in [-0.1, -0.05) is 77.5 Å². The third-order valence-electron chi connectivity index (χ3n) is 6.36. The number of halogens is 1. The normalized spacial score (nSPS) is 12.8. The average Bonchev–Trinajstić information content (AvgIpc) is 2.92. The number of benzene rings is 3. The minimum absolute atomic E-state index is 0.0485. The average molecular weight is 601 g/mol. The number of carbonyl (C=O) groups excluding carboxylic acids is 2. The number of anilines is 1. The van der Waals surface area contributed by atoms with Gasteiger partial charge in [0.1, 0.15) is 12.6 Å². The van der Waals surface area contributed by atoms with Crippen molar-refractivity contribution in [2.24, 2.45) is 0 Å². The van der Waals surface area contributed by atoms with Gasteiger partial charge in [-0.25, -0.2) is 8.42 Å². The standard InChI is InChI=1S/C29H34BrN3O4S/c1-4-22(2)31-29(35)23(3)32(19-18-24-12-7-5-8-13-24)28(34)21-33(26-15-11-14-25(30)20-26)38(36,37)27-16-9-6-10-17-27/h5-17,20,22-23H,4,18-19,21H2,1-3H3,(H,31,35)/t22-,23+/m1/s1. The minimum atomic E-state index is -4.07. The Morgan fingerprint density at radius 3 is 2.16 bits per heavy atom.